The predicted molar refractivity (Wildman–Crippen MR) is 74.6 cm³/mol. The van der Waals surface area contributed by atoms with Crippen molar-refractivity contribution in [3.05, 3.63) is 11.4 Å². The van der Waals surface area contributed by atoms with Gasteiger partial charge in [0.05, 0.1) is 11.4 Å². The van der Waals surface area contributed by atoms with Crippen molar-refractivity contribution < 1.29 is 0 Å². The summed E-state index contributed by atoms with van der Waals surface area (Å²) >= 11 is 0. The molecule has 0 radical (unpaired) electrons. The minimum Gasteiger partial charge on any atom is -0.187 e. The van der Waals surface area contributed by atoms with E-state index >= 15 is 0 Å². The average Bonchev–Trinajstić information content (AvgIpc) is 2.59. The van der Waals surface area contributed by atoms with Gasteiger partial charge in [-0.2, -0.15) is 15.0 Å². The molecule has 0 fully saturated rings. The molecule has 1 aromatic rings. The largest absolute Gasteiger partial charge is 0.187 e. The molecule has 1 aliphatic rings. The van der Waals surface area contributed by atoms with Gasteiger partial charge < -0.3 is 0 Å². The monoisotopic (exact) mass is 249 g/mol. The first-order valence-electron chi connectivity index (χ1n) is 6.79. The highest BCUT2D eigenvalue weighted by atomic mass is 15.5. The zero-order valence-corrected chi connectivity index (χ0v) is 13.3. The summed E-state index contributed by atoms with van der Waals surface area (Å²) < 4.78 is 0. The lowest BCUT2D eigenvalue weighted by Crippen LogP contribution is -2.59. The third-order valence-electron chi connectivity index (χ3n) is 6.59. The summed E-state index contributed by atoms with van der Waals surface area (Å²) in [6.07, 6.45) is 0. The SMILES string of the molecule is Cn1nc2c(n1)C(C)(C)C(C)(C)C(C)(C)C2(C)C. The fourth-order valence-electron chi connectivity index (χ4n) is 3.40. The van der Waals surface area contributed by atoms with Gasteiger partial charge in [0.2, 0.25) is 0 Å². The Kier molecular flexibility index (Phi) is 2.39. The van der Waals surface area contributed by atoms with E-state index < -0.39 is 0 Å². The molecule has 0 saturated carbocycles. The highest BCUT2D eigenvalue weighted by Crippen LogP contribution is 2.64. The molecule has 0 atom stereocenters. The topological polar surface area (TPSA) is 30.7 Å². The first kappa shape index (κ1) is 13.6. The van der Waals surface area contributed by atoms with Crippen molar-refractivity contribution >= 4 is 0 Å². The van der Waals surface area contributed by atoms with Crippen LogP contribution in [0.15, 0.2) is 0 Å². The van der Waals surface area contributed by atoms with Crippen LogP contribution in [0.2, 0.25) is 0 Å². The van der Waals surface area contributed by atoms with Gasteiger partial charge in [0.1, 0.15) is 0 Å². The molecule has 0 aromatic carbocycles. The molecule has 0 aliphatic heterocycles. The van der Waals surface area contributed by atoms with Crippen LogP contribution in [0.5, 0.6) is 0 Å². The highest BCUT2D eigenvalue weighted by molar-refractivity contribution is 5.37. The summed E-state index contributed by atoms with van der Waals surface area (Å²) in [4.78, 5) is 1.73. The van der Waals surface area contributed by atoms with Crippen LogP contribution in [-0.4, -0.2) is 15.0 Å². The third-order valence-corrected chi connectivity index (χ3v) is 6.59. The van der Waals surface area contributed by atoms with E-state index in [1.807, 2.05) is 7.05 Å². The average molecular weight is 249 g/mol. The predicted octanol–water partition coefficient (Wildman–Crippen LogP) is 3.44. The van der Waals surface area contributed by atoms with Gasteiger partial charge in [-0.1, -0.05) is 55.4 Å². The Labute approximate surface area is 111 Å². The Hall–Kier alpha value is -0.860. The van der Waals surface area contributed by atoms with Gasteiger partial charge in [0, 0.05) is 17.9 Å². The number of hydrogen-bond donors (Lipinski definition) is 0. The van der Waals surface area contributed by atoms with Crippen molar-refractivity contribution in [3.8, 4) is 0 Å². The summed E-state index contributed by atoms with van der Waals surface area (Å²) in [5.74, 6) is 0. The van der Waals surface area contributed by atoms with Crippen LogP contribution >= 0.6 is 0 Å². The standard InChI is InChI=1S/C15H27N3/c1-12(2)10-11(17-18(9)16-10)13(3,4)15(7,8)14(12,5)6/h1-9H3. The maximum Gasteiger partial charge on any atom is 0.0926 e. The van der Waals surface area contributed by atoms with Crippen LogP contribution in [0.3, 0.4) is 0 Å². The Bertz CT molecular complexity index is 446. The van der Waals surface area contributed by atoms with Crippen molar-refractivity contribution in [1.29, 1.82) is 0 Å². The molecule has 102 valence electrons. The minimum absolute atomic E-state index is 0.0234. The minimum atomic E-state index is 0.0234. The molecule has 0 spiro atoms. The molecular formula is C15H27N3. The smallest absolute Gasteiger partial charge is 0.0926 e. The fraction of sp³-hybridized carbons (Fsp3) is 0.867. The second-order valence-corrected chi connectivity index (χ2v) is 7.89. The quantitative estimate of drug-likeness (QED) is 0.705. The number of nitrogens with zero attached hydrogens (tertiary/aromatic N) is 3. The highest BCUT2D eigenvalue weighted by Gasteiger charge is 2.62. The number of rotatable bonds is 0. The van der Waals surface area contributed by atoms with Gasteiger partial charge in [0.15, 0.2) is 0 Å². The fourth-order valence-corrected chi connectivity index (χ4v) is 3.40. The molecule has 2 rings (SSSR count). The number of hydrogen-bond acceptors (Lipinski definition) is 2. The third kappa shape index (κ3) is 1.20. The van der Waals surface area contributed by atoms with Crippen LogP contribution in [0.25, 0.3) is 0 Å². The maximum absolute atomic E-state index is 4.67. The van der Waals surface area contributed by atoms with Crippen molar-refractivity contribution in [2.75, 3.05) is 0 Å². The molecule has 3 nitrogen and oxygen atoms in total. The molecule has 1 aromatic heterocycles. The van der Waals surface area contributed by atoms with Crippen molar-refractivity contribution in [3.63, 3.8) is 0 Å². The van der Waals surface area contributed by atoms with Gasteiger partial charge in [0.25, 0.3) is 0 Å². The van der Waals surface area contributed by atoms with Crippen LogP contribution in [0, 0.1) is 10.8 Å². The molecule has 18 heavy (non-hydrogen) atoms. The lowest BCUT2D eigenvalue weighted by Gasteiger charge is -2.61. The summed E-state index contributed by atoms with van der Waals surface area (Å²) in [5, 5.41) is 9.33. The molecule has 3 heteroatoms. The Morgan fingerprint density at radius 1 is 0.667 bits per heavy atom. The Morgan fingerprint density at radius 2 is 0.944 bits per heavy atom. The maximum atomic E-state index is 4.67. The molecule has 0 amide bonds. The number of aromatic nitrogens is 3. The van der Waals surface area contributed by atoms with Crippen molar-refractivity contribution in [2.24, 2.45) is 17.9 Å². The van der Waals surface area contributed by atoms with Gasteiger partial charge in [-0.3, -0.25) is 0 Å². The zero-order valence-electron chi connectivity index (χ0n) is 13.3. The van der Waals surface area contributed by atoms with Crippen LogP contribution in [-0.2, 0) is 17.9 Å². The van der Waals surface area contributed by atoms with Gasteiger partial charge in [-0.25, -0.2) is 0 Å². The van der Waals surface area contributed by atoms with E-state index in [9.17, 15) is 0 Å². The van der Waals surface area contributed by atoms with E-state index in [0.717, 1.165) is 0 Å². The van der Waals surface area contributed by atoms with Crippen LogP contribution < -0.4 is 0 Å². The molecule has 0 N–H and O–H groups in total. The van der Waals surface area contributed by atoms with Gasteiger partial charge in [-0.05, 0) is 10.8 Å². The molecule has 1 heterocycles. The first-order valence-corrected chi connectivity index (χ1v) is 6.79. The molecule has 0 saturated heterocycles. The number of fused-ring (bicyclic) bond motifs is 1. The number of aryl methyl sites for hydroxylation is 1. The lowest BCUT2D eigenvalue weighted by atomic mass is 9.42. The van der Waals surface area contributed by atoms with Crippen LogP contribution in [0.1, 0.15) is 66.8 Å². The Balaban J connectivity index is 2.86. The second kappa shape index (κ2) is 3.17. The van der Waals surface area contributed by atoms with E-state index in [1.165, 1.54) is 11.4 Å². The van der Waals surface area contributed by atoms with Crippen molar-refractivity contribution in [1.82, 2.24) is 15.0 Å². The first-order chi connectivity index (χ1) is 7.87. The van der Waals surface area contributed by atoms with E-state index in [2.05, 4.69) is 65.6 Å². The van der Waals surface area contributed by atoms with E-state index in [1.54, 1.807) is 4.80 Å². The van der Waals surface area contributed by atoms with Crippen LogP contribution in [0.4, 0.5) is 0 Å². The summed E-state index contributed by atoms with van der Waals surface area (Å²) in [6.45, 7) is 18.7. The summed E-state index contributed by atoms with van der Waals surface area (Å²) in [7, 11) is 1.92. The molecule has 0 unspecified atom stereocenters. The summed E-state index contributed by atoms with van der Waals surface area (Å²) in [6, 6.07) is 0. The lowest BCUT2D eigenvalue weighted by molar-refractivity contribution is -0.0473. The molecule has 0 bridgehead atoms. The van der Waals surface area contributed by atoms with Gasteiger partial charge in [-0.15, -0.1) is 0 Å². The molecular weight excluding hydrogens is 222 g/mol. The van der Waals surface area contributed by atoms with E-state index in [4.69, 9.17) is 0 Å². The normalized spacial score (nSPS) is 26.7. The second-order valence-electron chi connectivity index (χ2n) is 7.89. The zero-order chi connectivity index (χ0) is 14.1. The van der Waals surface area contributed by atoms with Crippen molar-refractivity contribution in [2.45, 2.75) is 66.2 Å². The molecule has 1 aliphatic carbocycles. The van der Waals surface area contributed by atoms with E-state index in [-0.39, 0.29) is 21.7 Å². The summed E-state index contributed by atoms with van der Waals surface area (Å²) in [5.41, 5.74) is 2.67. The Morgan fingerprint density at radius 3 is 1.22 bits per heavy atom. The van der Waals surface area contributed by atoms with E-state index in [0.29, 0.717) is 0 Å². The van der Waals surface area contributed by atoms with Gasteiger partial charge >= 0.3 is 0 Å².